The van der Waals surface area contributed by atoms with Gasteiger partial charge in [-0.2, -0.15) is 0 Å². The Labute approximate surface area is 98.7 Å². The lowest BCUT2D eigenvalue weighted by Crippen LogP contribution is -2.33. The summed E-state index contributed by atoms with van der Waals surface area (Å²) in [6.45, 7) is 6.99. The minimum Gasteiger partial charge on any atom is -0.315 e. The number of hydrogen-bond donors (Lipinski definition) is 1. The van der Waals surface area contributed by atoms with E-state index in [9.17, 15) is 0 Å². The van der Waals surface area contributed by atoms with Crippen molar-refractivity contribution in [3.05, 3.63) is 35.9 Å². The molecule has 0 aromatic heterocycles. The molecule has 0 bridgehead atoms. The lowest BCUT2D eigenvalue weighted by atomic mass is 10.1. The lowest BCUT2D eigenvalue weighted by molar-refractivity contribution is 0.252. The minimum atomic E-state index is 0.530. The van der Waals surface area contributed by atoms with E-state index >= 15 is 0 Å². The first kappa shape index (κ1) is 11.6. The second-order valence-electron chi connectivity index (χ2n) is 4.91. The molecule has 0 aliphatic carbocycles. The van der Waals surface area contributed by atoms with Crippen LogP contribution < -0.4 is 5.32 Å². The summed E-state index contributed by atoms with van der Waals surface area (Å²) in [6, 6.07) is 12.0. The first-order chi connectivity index (χ1) is 7.72. The zero-order chi connectivity index (χ0) is 11.5. The zero-order valence-electron chi connectivity index (χ0n) is 10.5. The van der Waals surface area contributed by atoms with E-state index in [-0.39, 0.29) is 0 Å². The largest absolute Gasteiger partial charge is 0.315 e. The smallest absolute Gasteiger partial charge is 0.0320 e. The third-order valence-corrected chi connectivity index (χ3v) is 3.84. The van der Waals surface area contributed by atoms with Crippen molar-refractivity contribution in [2.24, 2.45) is 5.92 Å². The number of rotatable bonds is 3. The second-order valence-corrected chi connectivity index (χ2v) is 4.91. The molecule has 2 rings (SSSR count). The molecule has 88 valence electrons. The van der Waals surface area contributed by atoms with Crippen LogP contribution in [0.1, 0.15) is 25.5 Å². The van der Waals surface area contributed by atoms with Gasteiger partial charge in [0.05, 0.1) is 0 Å². The Kier molecular flexibility index (Phi) is 3.62. The van der Waals surface area contributed by atoms with Crippen LogP contribution in [-0.2, 0) is 0 Å². The van der Waals surface area contributed by atoms with Crippen molar-refractivity contribution in [2.75, 3.05) is 20.1 Å². The quantitative estimate of drug-likeness (QED) is 0.837. The highest BCUT2D eigenvalue weighted by molar-refractivity contribution is 5.18. The van der Waals surface area contributed by atoms with E-state index < -0.39 is 0 Å². The van der Waals surface area contributed by atoms with Gasteiger partial charge in [-0.1, -0.05) is 37.3 Å². The minimum absolute atomic E-state index is 0.530. The summed E-state index contributed by atoms with van der Waals surface area (Å²) >= 11 is 0. The van der Waals surface area contributed by atoms with Crippen molar-refractivity contribution in [1.82, 2.24) is 10.2 Å². The average Bonchev–Trinajstić information content (AvgIpc) is 2.71. The highest BCUT2D eigenvalue weighted by atomic mass is 15.2. The molecule has 0 radical (unpaired) electrons. The van der Waals surface area contributed by atoms with Gasteiger partial charge < -0.3 is 5.32 Å². The Hall–Kier alpha value is -0.860. The predicted octanol–water partition coefficient (Wildman–Crippen LogP) is 2.29. The summed E-state index contributed by atoms with van der Waals surface area (Å²) < 4.78 is 0. The molecule has 1 heterocycles. The second kappa shape index (κ2) is 4.98. The molecular weight excluding hydrogens is 196 g/mol. The Morgan fingerprint density at radius 3 is 2.50 bits per heavy atom. The zero-order valence-corrected chi connectivity index (χ0v) is 10.5. The molecule has 0 amide bonds. The van der Waals surface area contributed by atoms with Gasteiger partial charge in [0.2, 0.25) is 0 Å². The Morgan fingerprint density at radius 1 is 1.25 bits per heavy atom. The van der Waals surface area contributed by atoms with Gasteiger partial charge in [-0.15, -0.1) is 0 Å². The van der Waals surface area contributed by atoms with E-state index in [1.807, 2.05) is 0 Å². The van der Waals surface area contributed by atoms with E-state index in [0.29, 0.717) is 12.1 Å². The van der Waals surface area contributed by atoms with Crippen LogP contribution in [0.25, 0.3) is 0 Å². The van der Waals surface area contributed by atoms with Gasteiger partial charge in [-0.25, -0.2) is 0 Å². The van der Waals surface area contributed by atoms with Crippen LogP contribution >= 0.6 is 0 Å². The summed E-state index contributed by atoms with van der Waals surface area (Å²) in [6.07, 6.45) is 0. The first-order valence-electron chi connectivity index (χ1n) is 6.18. The third kappa shape index (κ3) is 2.28. The number of nitrogens with one attached hydrogen (secondary N) is 1. The van der Waals surface area contributed by atoms with Crippen LogP contribution in [0.4, 0.5) is 0 Å². The molecule has 2 heteroatoms. The standard InChI is InChI=1S/C14H22N2/c1-11-9-16(10-14(11)15-3)12(2)13-7-5-4-6-8-13/h4-8,11-12,14-15H,9-10H2,1-3H3. The molecule has 1 aliphatic heterocycles. The number of likely N-dealkylation sites (N-methyl/N-ethyl adjacent to an activating group) is 1. The van der Waals surface area contributed by atoms with Crippen LogP contribution in [0.15, 0.2) is 30.3 Å². The van der Waals surface area contributed by atoms with E-state index in [1.54, 1.807) is 0 Å². The van der Waals surface area contributed by atoms with Crippen LogP contribution in [-0.4, -0.2) is 31.1 Å². The fraction of sp³-hybridized carbons (Fsp3) is 0.571. The van der Waals surface area contributed by atoms with Gasteiger partial charge in [-0.05, 0) is 25.5 Å². The van der Waals surface area contributed by atoms with Crippen LogP contribution in [0.3, 0.4) is 0 Å². The van der Waals surface area contributed by atoms with Crippen LogP contribution in [0.5, 0.6) is 0 Å². The third-order valence-electron chi connectivity index (χ3n) is 3.84. The normalized spacial score (nSPS) is 28.2. The summed E-state index contributed by atoms with van der Waals surface area (Å²) in [5.74, 6) is 0.746. The molecule has 1 aliphatic rings. The number of benzene rings is 1. The number of nitrogens with zero attached hydrogens (tertiary/aromatic N) is 1. The van der Waals surface area contributed by atoms with Gasteiger partial charge in [0.1, 0.15) is 0 Å². The Balaban J connectivity index is 2.04. The summed E-state index contributed by atoms with van der Waals surface area (Å²) in [7, 11) is 2.07. The molecular formula is C14H22N2. The highest BCUT2D eigenvalue weighted by Gasteiger charge is 2.31. The van der Waals surface area contributed by atoms with E-state index in [4.69, 9.17) is 0 Å². The monoisotopic (exact) mass is 218 g/mol. The van der Waals surface area contributed by atoms with Crippen molar-refractivity contribution in [3.8, 4) is 0 Å². The molecule has 16 heavy (non-hydrogen) atoms. The van der Waals surface area contributed by atoms with Gasteiger partial charge in [0, 0.05) is 25.2 Å². The summed E-state index contributed by atoms with van der Waals surface area (Å²) in [4.78, 5) is 2.57. The number of hydrogen-bond acceptors (Lipinski definition) is 2. The van der Waals surface area contributed by atoms with Crippen molar-refractivity contribution in [3.63, 3.8) is 0 Å². The van der Waals surface area contributed by atoms with Gasteiger partial charge in [0.25, 0.3) is 0 Å². The van der Waals surface area contributed by atoms with E-state index in [0.717, 1.165) is 12.5 Å². The van der Waals surface area contributed by atoms with E-state index in [2.05, 4.69) is 61.4 Å². The van der Waals surface area contributed by atoms with Crippen molar-refractivity contribution in [1.29, 1.82) is 0 Å². The molecule has 0 saturated carbocycles. The maximum Gasteiger partial charge on any atom is 0.0320 e. The first-order valence-corrected chi connectivity index (χ1v) is 6.18. The molecule has 1 saturated heterocycles. The van der Waals surface area contributed by atoms with Gasteiger partial charge in [0.15, 0.2) is 0 Å². The molecule has 1 aromatic rings. The number of likely N-dealkylation sites (tertiary alicyclic amines) is 1. The van der Waals surface area contributed by atoms with Gasteiger partial charge >= 0.3 is 0 Å². The molecule has 3 unspecified atom stereocenters. The SMILES string of the molecule is CNC1CN(C(C)c2ccccc2)CC1C. The van der Waals surface area contributed by atoms with Crippen molar-refractivity contribution in [2.45, 2.75) is 25.9 Å². The molecule has 2 nitrogen and oxygen atoms in total. The van der Waals surface area contributed by atoms with Gasteiger partial charge in [-0.3, -0.25) is 4.90 Å². The van der Waals surface area contributed by atoms with Crippen LogP contribution in [0, 0.1) is 5.92 Å². The predicted molar refractivity (Wildman–Crippen MR) is 68.4 cm³/mol. The Morgan fingerprint density at radius 2 is 1.94 bits per heavy atom. The summed E-state index contributed by atoms with van der Waals surface area (Å²) in [5, 5.41) is 3.41. The lowest BCUT2D eigenvalue weighted by Gasteiger charge is -2.24. The van der Waals surface area contributed by atoms with Crippen molar-refractivity contribution >= 4 is 0 Å². The molecule has 1 aromatic carbocycles. The van der Waals surface area contributed by atoms with E-state index in [1.165, 1.54) is 12.1 Å². The highest BCUT2D eigenvalue weighted by Crippen LogP contribution is 2.26. The maximum absolute atomic E-state index is 3.41. The molecule has 1 N–H and O–H groups in total. The molecule has 3 atom stereocenters. The fourth-order valence-electron chi connectivity index (χ4n) is 2.64. The average molecular weight is 218 g/mol. The topological polar surface area (TPSA) is 15.3 Å². The van der Waals surface area contributed by atoms with Crippen LogP contribution in [0.2, 0.25) is 0 Å². The summed E-state index contributed by atoms with van der Waals surface area (Å²) in [5.41, 5.74) is 1.42. The Bertz CT molecular complexity index is 323. The molecule has 1 fully saturated rings. The maximum atomic E-state index is 3.41. The fourth-order valence-corrected chi connectivity index (χ4v) is 2.64. The molecule has 0 spiro atoms. The van der Waals surface area contributed by atoms with Crippen molar-refractivity contribution < 1.29 is 0 Å².